The SMILES string of the molecule is CCN(CC)C(=O)c1c(Cl)nc2ncccc2c1Cl. The summed E-state index contributed by atoms with van der Waals surface area (Å²) in [4.78, 5) is 22.3. The third-order valence-electron chi connectivity index (χ3n) is 2.92. The number of carbonyl (C=O) groups excluding carboxylic acids is 1. The highest BCUT2D eigenvalue weighted by Gasteiger charge is 2.22. The third-order valence-corrected chi connectivity index (χ3v) is 3.58. The first-order chi connectivity index (χ1) is 9.10. The van der Waals surface area contributed by atoms with Crippen molar-refractivity contribution in [3.63, 3.8) is 0 Å². The number of halogens is 2. The van der Waals surface area contributed by atoms with E-state index in [1.54, 1.807) is 23.2 Å². The highest BCUT2D eigenvalue weighted by molar-refractivity contribution is 6.42. The van der Waals surface area contributed by atoms with Crippen LogP contribution >= 0.6 is 23.2 Å². The van der Waals surface area contributed by atoms with Gasteiger partial charge in [-0.3, -0.25) is 4.79 Å². The molecule has 0 unspecified atom stereocenters. The molecule has 0 radical (unpaired) electrons. The van der Waals surface area contributed by atoms with E-state index in [0.717, 1.165) is 0 Å². The Labute approximate surface area is 121 Å². The average molecular weight is 298 g/mol. The average Bonchev–Trinajstić information content (AvgIpc) is 2.40. The number of hydrogen-bond donors (Lipinski definition) is 0. The van der Waals surface area contributed by atoms with Gasteiger partial charge in [-0.05, 0) is 26.0 Å². The third kappa shape index (κ3) is 2.51. The van der Waals surface area contributed by atoms with Crippen LogP contribution in [0.25, 0.3) is 11.0 Å². The fourth-order valence-corrected chi connectivity index (χ4v) is 2.50. The summed E-state index contributed by atoms with van der Waals surface area (Å²) in [7, 11) is 0. The predicted octanol–water partition coefficient (Wildman–Crippen LogP) is 3.42. The Morgan fingerprint density at radius 3 is 2.63 bits per heavy atom. The Morgan fingerprint density at radius 2 is 2.00 bits per heavy atom. The second kappa shape index (κ2) is 5.72. The molecular weight excluding hydrogens is 285 g/mol. The molecule has 0 aliphatic carbocycles. The fourth-order valence-electron chi connectivity index (χ4n) is 1.88. The summed E-state index contributed by atoms with van der Waals surface area (Å²) in [6.07, 6.45) is 1.61. The first-order valence-corrected chi connectivity index (χ1v) is 6.74. The number of amides is 1. The van der Waals surface area contributed by atoms with Crippen LogP contribution in [0.4, 0.5) is 0 Å². The highest BCUT2D eigenvalue weighted by atomic mass is 35.5. The molecule has 100 valence electrons. The normalized spacial score (nSPS) is 10.7. The minimum Gasteiger partial charge on any atom is -0.339 e. The molecule has 6 heteroatoms. The van der Waals surface area contributed by atoms with Crippen LogP contribution in [0.1, 0.15) is 24.2 Å². The van der Waals surface area contributed by atoms with Crippen molar-refractivity contribution in [3.8, 4) is 0 Å². The molecule has 2 rings (SSSR count). The topological polar surface area (TPSA) is 46.1 Å². The molecule has 0 saturated heterocycles. The maximum absolute atomic E-state index is 12.4. The lowest BCUT2D eigenvalue weighted by atomic mass is 10.2. The summed E-state index contributed by atoms with van der Waals surface area (Å²) in [5, 5.41) is 1.03. The number of nitrogens with zero attached hydrogens (tertiary/aromatic N) is 3. The number of carbonyl (C=O) groups is 1. The summed E-state index contributed by atoms with van der Waals surface area (Å²) in [5.74, 6) is -0.210. The van der Waals surface area contributed by atoms with Crippen molar-refractivity contribution in [2.75, 3.05) is 13.1 Å². The van der Waals surface area contributed by atoms with Gasteiger partial charge in [0.15, 0.2) is 5.65 Å². The second-order valence-corrected chi connectivity index (χ2v) is 4.68. The van der Waals surface area contributed by atoms with Gasteiger partial charge in [-0.2, -0.15) is 0 Å². The molecule has 0 N–H and O–H groups in total. The van der Waals surface area contributed by atoms with Crippen molar-refractivity contribution >= 4 is 40.1 Å². The Hall–Kier alpha value is -1.39. The number of rotatable bonds is 3. The number of aromatic nitrogens is 2. The van der Waals surface area contributed by atoms with Crippen molar-refractivity contribution in [1.29, 1.82) is 0 Å². The van der Waals surface area contributed by atoms with E-state index in [2.05, 4.69) is 9.97 Å². The van der Waals surface area contributed by atoms with Crippen molar-refractivity contribution in [1.82, 2.24) is 14.9 Å². The summed E-state index contributed by atoms with van der Waals surface area (Å²) in [6, 6.07) is 3.52. The van der Waals surface area contributed by atoms with Crippen LogP contribution in [0.3, 0.4) is 0 Å². The van der Waals surface area contributed by atoms with E-state index in [1.807, 2.05) is 13.8 Å². The van der Waals surface area contributed by atoms with Gasteiger partial charge in [-0.15, -0.1) is 0 Å². The van der Waals surface area contributed by atoms with Crippen molar-refractivity contribution < 1.29 is 4.79 Å². The molecular formula is C13H13Cl2N3O. The predicted molar refractivity (Wildman–Crippen MR) is 76.8 cm³/mol. The minimum absolute atomic E-state index is 0.0908. The van der Waals surface area contributed by atoms with Gasteiger partial charge in [-0.1, -0.05) is 23.2 Å². The van der Waals surface area contributed by atoms with E-state index < -0.39 is 0 Å². The molecule has 0 aromatic carbocycles. The Balaban J connectivity index is 2.63. The monoisotopic (exact) mass is 297 g/mol. The summed E-state index contributed by atoms with van der Waals surface area (Å²) in [6.45, 7) is 4.98. The van der Waals surface area contributed by atoms with Crippen molar-refractivity contribution in [2.24, 2.45) is 0 Å². The van der Waals surface area contributed by atoms with Crippen LogP contribution in [0.2, 0.25) is 10.2 Å². The van der Waals surface area contributed by atoms with Crippen LogP contribution < -0.4 is 0 Å². The van der Waals surface area contributed by atoms with Crippen LogP contribution in [0.5, 0.6) is 0 Å². The van der Waals surface area contributed by atoms with Crippen LogP contribution in [-0.2, 0) is 0 Å². The maximum atomic E-state index is 12.4. The number of hydrogen-bond acceptors (Lipinski definition) is 3. The standard InChI is InChI=1S/C13H13Cl2N3O/c1-3-18(4-2)13(19)9-10(14)8-6-5-7-16-12(8)17-11(9)15/h5-7H,3-4H2,1-2H3. The fraction of sp³-hybridized carbons (Fsp3) is 0.308. The van der Waals surface area contributed by atoms with Crippen molar-refractivity contribution in [3.05, 3.63) is 34.1 Å². The molecule has 0 bridgehead atoms. The van der Waals surface area contributed by atoms with Gasteiger partial charge in [0.25, 0.3) is 5.91 Å². The first-order valence-electron chi connectivity index (χ1n) is 5.99. The minimum atomic E-state index is -0.210. The molecule has 0 saturated carbocycles. The van der Waals surface area contributed by atoms with E-state index >= 15 is 0 Å². The molecule has 1 amide bonds. The first kappa shape index (κ1) is 14.0. The lowest BCUT2D eigenvalue weighted by Crippen LogP contribution is -2.31. The summed E-state index contributed by atoms with van der Waals surface area (Å²) in [5.41, 5.74) is 0.682. The molecule has 2 heterocycles. The van der Waals surface area contributed by atoms with E-state index in [-0.39, 0.29) is 16.6 Å². The van der Waals surface area contributed by atoms with Gasteiger partial charge in [-0.25, -0.2) is 9.97 Å². The van der Waals surface area contributed by atoms with Gasteiger partial charge < -0.3 is 4.90 Å². The van der Waals surface area contributed by atoms with E-state index in [4.69, 9.17) is 23.2 Å². The zero-order chi connectivity index (χ0) is 14.0. The van der Waals surface area contributed by atoms with E-state index in [9.17, 15) is 4.79 Å². The molecule has 0 aliphatic heterocycles. The number of fused-ring (bicyclic) bond motifs is 1. The molecule has 0 spiro atoms. The zero-order valence-electron chi connectivity index (χ0n) is 10.7. The quantitative estimate of drug-likeness (QED) is 0.816. The molecule has 0 fully saturated rings. The molecule has 19 heavy (non-hydrogen) atoms. The van der Waals surface area contributed by atoms with E-state index in [1.165, 1.54) is 0 Å². The van der Waals surface area contributed by atoms with Gasteiger partial charge in [0.1, 0.15) is 5.15 Å². The largest absolute Gasteiger partial charge is 0.339 e. The van der Waals surface area contributed by atoms with Crippen LogP contribution in [0, 0.1) is 0 Å². The summed E-state index contributed by atoms with van der Waals surface area (Å²) >= 11 is 12.4. The maximum Gasteiger partial charge on any atom is 0.258 e. The summed E-state index contributed by atoms with van der Waals surface area (Å²) < 4.78 is 0. The van der Waals surface area contributed by atoms with Gasteiger partial charge in [0, 0.05) is 24.7 Å². The van der Waals surface area contributed by atoms with Crippen LogP contribution in [-0.4, -0.2) is 33.9 Å². The number of pyridine rings is 2. The van der Waals surface area contributed by atoms with Crippen LogP contribution in [0.15, 0.2) is 18.3 Å². The molecule has 4 nitrogen and oxygen atoms in total. The van der Waals surface area contributed by atoms with Gasteiger partial charge in [0.05, 0.1) is 10.6 Å². The molecule has 0 aliphatic rings. The van der Waals surface area contributed by atoms with Crippen molar-refractivity contribution in [2.45, 2.75) is 13.8 Å². The lowest BCUT2D eigenvalue weighted by molar-refractivity contribution is 0.0773. The van der Waals surface area contributed by atoms with Gasteiger partial charge >= 0.3 is 0 Å². The Bertz CT molecular complexity index is 627. The lowest BCUT2D eigenvalue weighted by Gasteiger charge is -2.20. The molecule has 2 aromatic heterocycles. The second-order valence-electron chi connectivity index (χ2n) is 3.94. The highest BCUT2D eigenvalue weighted by Crippen LogP contribution is 2.30. The Kier molecular flexibility index (Phi) is 4.22. The molecule has 0 atom stereocenters. The smallest absolute Gasteiger partial charge is 0.258 e. The Morgan fingerprint density at radius 1 is 1.32 bits per heavy atom. The molecule has 2 aromatic rings. The van der Waals surface area contributed by atoms with Gasteiger partial charge in [0.2, 0.25) is 0 Å². The van der Waals surface area contributed by atoms with E-state index in [0.29, 0.717) is 29.1 Å². The zero-order valence-corrected chi connectivity index (χ0v) is 12.2.